The Bertz CT molecular complexity index is 462. The monoisotopic (exact) mass is 278 g/mol. The van der Waals surface area contributed by atoms with Crippen LogP contribution in [0.3, 0.4) is 0 Å². The maximum atomic E-state index is 11.5. The summed E-state index contributed by atoms with van der Waals surface area (Å²) in [4.78, 5) is 11.5. The van der Waals surface area contributed by atoms with E-state index >= 15 is 0 Å². The lowest BCUT2D eigenvalue weighted by Crippen LogP contribution is -2.29. The molecular weight excluding hydrogens is 256 g/mol. The molecule has 0 radical (unpaired) electrons. The lowest BCUT2D eigenvalue weighted by Gasteiger charge is -2.10. The second-order valence-corrected chi connectivity index (χ2v) is 4.76. The van der Waals surface area contributed by atoms with Crippen molar-refractivity contribution >= 4 is 5.91 Å². The molecule has 1 aromatic carbocycles. The Kier molecular flexibility index (Phi) is 5.24. The molecule has 1 atom stereocenters. The predicted molar refractivity (Wildman–Crippen MR) is 77.2 cm³/mol. The molecule has 0 aromatic heterocycles. The van der Waals surface area contributed by atoms with E-state index in [9.17, 15) is 4.79 Å². The minimum atomic E-state index is -0.0983. The number of nitrogens with one attached hydrogen (secondary N) is 2. The lowest BCUT2D eigenvalue weighted by molar-refractivity contribution is -0.123. The van der Waals surface area contributed by atoms with Crippen LogP contribution in [-0.2, 0) is 4.79 Å². The van der Waals surface area contributed by atoms with Gasteiger partial charge in [0.2, 0.25) is 0 Å². The van der Waals surface area contributed by atoms with E-state index in [2.05, 4.69) is 17.6 Å². The SMILES string of the molecule is CCCNC(=O)COc1ccc2c(c1)OCC2NCC. The van der Waals surface area contributed by atoms with Crippen molar-refractivity contribution in [3.63, 3.8) is 0 Å². The van der Waals surface area contributed by atoms with Gasteiger partial charge in [0, 0.05) is 18.2 Å². The first kappa shape index (κ1) is 14.7. The van der Waals surface area contributed by atoms with E-state index in [1.807, 2.05) is 25.1 Å². The van der Waals surface area contributed by atoms with Crippen LogP contribution in [0, 0.1) is 0 Å². The van der Waals surface area contributed by atoms with Crippen molar-refractivity contribution in [1.29, 1.82) is 0 Å². The van der Waals surface area contributed by atoms with Crippen LogP contribution < -0.4 is 20.1 Å². The van der Waals surface area contributed by atoms with Gasteiger partial charge in [-0.2, -0.15) is 0 Å². The number of ether oxygens (including phenoxy) is 2. The number of hydrogen-bond donors (Lipinski definition) is 2. The van der Waals surface area contributed by atoms with Crippen molar-refractivity contribution in [2.45, 2.75) is 26.3 Å². The summed E-state index contributed by atoms with van der Waals surface area (Å²) in [6.45, 7) is 6.35. The van der Waals surface area contributed by atoms with Gasteiger partial charge >= 0.3 is 0 Å². The van der Waals surface area contributed by atoms with E-state index in [0.29, 0.717) is 18.9 Å². The number of likely N-dealkylation sites (N-methyl/N-ethyl adjacent to an activating group) is 1. The van der Waals surface area contributed by atoms with Gasteiger partial charge in [0.25, 0.3) is 5.91 Å². The molecule has 0 saturated heterocycles. The predicted octanol–water partition coefficient (Wildman–Crippen LogP) is 1.63. The molecule has 0 bridgehead atoms. The van der Waals surface area contributed by atoms with Crippen LogP contribution in [0.2, 0.25) is 0 Å². The van der Waals surface area contributed by atoms with Gasteiger partial charge < -0.3 is 20.1 Å². The molecular formula is C15H22N2O3. The molecule has 0 saturated carbocycles. The molecule has 1 aromatic rings. The highest BCUT2D eigenvalue weighted by molar-refractivity contribution is 5.77. The molecule has 5 nitrogen and oxygen atoms in total. The fourth-order valence-electron chi connectivity index (χ4n) is 2.16. The standard InChI is InChI=1S/C15H22N2O3/c1-3-7-17-15(18)10-19-11-5-6-12-13(16-4-2)9-20-14(12)8-11/h5-6,8,13,16H,3-4,7,9-10H2,1-2H3,(H,17,18). The summed E-state index contributed by atoms with van der Waals surface area (Å²) in [6.07, 6.45) is 0.921. The van der Waals surface area contributed by atoms with Gasteiger partial charge in [-0.1, -0.05) is 13.8 Å². The summed E-state index contributed by atoms with van der Waals surface area (Å²) in [5, 5.41) is 6.14. The van der Waals surface area contributed by atoms with E-state index < -0.39 is 0 Å². The first-order valence-electron chi connectivity index (χ1n) is 7.14. The van der Waals surface area contributed by atoms with E-state index in [4.69, 9.17) is 9.47 Å². The van der Waals surface area contributed by atoms with Crippen LogP contribution in [0.1, 0.15) is 31.9 Å². The number of rotatable bonds is 7. The summed E-state index contributed by atoms with van der Waals surface area (Å²) in [5.41, 5.74) is 1.15. The van der Waals surface area contributed by atoms with E-state index in [1.165, 1.54) is 0 Å². The van der Waals surface area contributed by atoms with Gasteiger partial charge in [0.05, 0.1) is 6.04 Å². The second kappa shape index (κ2) is 7.14. The van der Waals surface area contributed by atoms with Crippen LogP contribution >= 0.6 is 0 Å². The van der Waals surface area contributed by atoms with Crippen molar-refractivity contribution in [2.24, 2.45) is 0 Å². The first-order chi connectivity index (χ1) is 9.74. The molecule has 0 spiro atoms. The van der Waals surface area contributed by atoms with Crippen molar-refractivity contribution in [2.75, 3.05) is 26.3 Å². The third kappa shape index (κ3) is 3.63. The largest absolute Gasteiger partial charge is 0.491 e. The van der Waals surface area contributed by atoms with Crippen LogP contribution in [0.25, 0.3) is 0 Å². The Morgan fingerprint density at radius 2 is 2.30 bits per heavy atom. The van der Waals surface area contributed by atoms with Gasteiger partial charge in [-0.3, -0.25) is 4.79 Å². The molecule has 2 rings (SSSR count). The van der Waals surface area contributed by atoms with Gasteiger partial charge in [-0.15, -0.1) is 0 Å². The highest BCUT2D eigenvalue weighted by Gasteiger charge is 2.23. The van der Waals surface area contributed by atoms with Gasteiger partial charge in [0.15, 0.2) is 6.61 Å². The molecule has 20 heavy (non-hydrogen) atoms. The fraction of sp³-hybridized carbons (Fsp3) is 0.533. The summed E-state index contributed by atoms with van der Waals surface area (Å²) < 4.78 is 11.1. The number of carbonyl (C=O) groups is 1. The Balaban J connectivity index is 1.90. The Hall–Kier alpha value is -1.75. The van der Waals surface area contributed by atoms with Crippen LogP contribution in [0.5, 0.6) is 11.5 Å². The molecule has 2 N–H and O–H groups in total. The van der Waals surface area contributed by atoms with E-state index in [0.717, 1.165) is 24.3 Å². The summed E-state index contributed by atoms with van der Waals surface area (Å²) in [5.74, 6) is 1.40. The maximum Gasteiger partial charge on any atom is 0.257 e. The molecule has 1 aliphatic rings. The van der Waals surface area contributed by atoms with Gasteiger partial charge in [0.1, 0.15) is 18.1 Å². The van der Waals surface area contributed by atoms with Crippen LogP contribution in [-0.4, -0.2) is 32.2 Å². The zero-order chi connectivity index (χ0) is 14.4. The average molecular weight is 278 g/mol. The van der Waals surface area contributed by atoms with E-state index in [-0.39, 0.29) is 18.6 Å². The highest BCUT2D eigenvalue weighted by atomic mass is 16.5. The zero-order valence-electron chi connectivity index (χ0n) is 12.1. The zero-order valence-corrected chi connectivity index (χ0v) is 12.1. The molecule has 0 fully saturated rings. The minimum Gasteiger partial charge on any atom is -0.491 e. The molecule has 0 aliphatic carbocycles. The third-order valence-corrected chi connectivity index (χ3v) is 3.16. The Morgan fingerprint density at radius 1 is 1.45 bits per heavy atom. The summed E-state index contributed by atoms with van der Waals surface area (Å²) in [6, 6.07) is 5.97. The number of benzene rings is 1. The van der Waals surface area contributed by atoms with E-state index in [1.54, 1.807) is 0 Å². The quantitative estimate of drug-likeness (QED) is 0.796. The van der Waals surface area contributed by atoms with Gasteiger partial charge in [-0.05, 0) is 25.1 Å². The number of fused-ring (bicyclic) bond motifs is 1. The normalized spacial score (nSPS) is 16.4. The Labute approximate surface area is 119 Å². The molecule has 1 amide bonds. The minimum absolute atomic E-state index is 0.0371. The smallest absolute Gasteiger partial charge is 0.257 e. The first-order valence-corrected chi connectivity index (χ1v) is 7.14. The fourth-order valence-corrected chi connectivity index (χ4v) is 2.16. The number of hydrogen-bond acceptors (Lipinski definition) is 4. The third-order valence-electron chi connectivity index (χ3n) is 3.16. The summed E-state index contributed by atoms with van der Waals surface area (Å²) in [7, 11) is 0. The van der Waals surface area contributed by atoms with Crippen LogP contribution in [0.15, 0.2) is 18.2 Å². The van der Waals surface area contributed by atoms with Crippen LogP contribution in [0.4, 0.5) is 0 Å². The number of carbonyl (C=O) groups excluding carboxylic acids is 1. The highest BCUT2D eigenvalue weighted by Crippen LogP contribution is 2.35. The average Bonchev–Trinajstić information content (AvgIpc) is 2.86. The lowest BCUT2D eigenvalue weighted by atomic mass is 10.1. The van der Waals surface area contributed by atoms with Gasteiger partial charge in [-0.25, -0.2) is 0 Å². The van der Waals surface area contributed by atoms with Crippen molar-refractivity contribution in [3.8, 4) is 11.5 Å². The molecule has 1 heterocycles. The Morgan fingerprint density at radius 3 is 3.05 bits per heavy atom. The molecule has 110 valence electrons. The van der Waals surface area contributed by atoms with Crippen molar-refractivity contribution < 1.29 is 14.3 Å². The van der Waals surface area contributed by atoms with Crippen molar-refractivity contribution in [3.05, 3.63) is 23.8 Å². The maximum absolute atomic E-state index is 11.5. The molecule has 1 aliphatic heterocycles. The van der Waals surface area contributed by atoms with Crippen molar-refractivity contribution in [1.82, 2.24) is 10.6 Å². The number of amides is 1. The molecule has 1 unspecified atom stereocenters. The summed E-state index contributed by atoms with van der Waals surface area (Å²) >= 11 is 0. The second-order valence-electron chi connectivity index (χ2n) is 4.76. The molecule has 5 heteroatoms. The topological polar surface area (TPSA) is 59.6 Å².